The van der Waals surface area contributed by atoms with E-state index in [9.17, 15) is 14.9 Å². The first-order chi connectivity index (χ1) is 17.5. The molecule has 3 unspecified atom stereocenters. The van der Waals surface area contributed by atoms with Crippen LogP contribution in [-0.4, -0.2) is 77.8 Å². The minimum atomic E-state index is -0.123. The third-order valence-electron chi connectivity index (χ3n) is 6.96. The minimum Gasteiger partial charge on any atom is -0.370 e. The molecular formula is C28H42N4O2S2. The molecular weight excluding hydrogens is 488 g/mol. The van der Waals surface area contributed by atoms with Gasteiger partial charge in [0.15, 0.2) is 0 Å². The Morgan fingerprint density at radius 2 is 1.86 bits per heavy atom. The van der Waals surface area contributed by atoms with Gasteiger partial charge in [-0.3, -0.25) is 9.59 Å². The Labute approximate surface area is 226 Å². The monoisotopic (exact) mass is 530 g/mol. The number of thioether (sulfide) groups is 2. The van der Waals surface area contributed by atoms with E-state index < -0.39 is 0 Å². The van der Waals surface area contributed by atoms with Gasteiger partial charge in [-0.2, -0.15) is 5.26 Å². The third-order valence-corrected chi connectivity index (χ3v) is 8.14. The second-order valence-corrected chi connectivity index (χ2v) is 10.7. The summed E-state index contributed by atoms with van der Waals surface area (Å²) in [7, 11) is 0. The maximum absolute atomic E-state index is 13.6. The summed E-state index contributed by atoms with van der Waals surface area (Å²) >= 11 is 3.09. The van der Waals surface area contributed by atoms with Crippen molar-refractivity contribution in [2.45, 2.75) is 52.5 Å². The SMILES string of the molecule is C=C/C=C(\SC)C(=O)N1CCN(C2=C(C#N)C(=O)N(CC(C)/C=C\SC)C3CCCCC23)CC1.CC. The quantitative estimate of drug-likeness (QED) is 0.314. The van der Waals surface area contributed by atoms with Crippen LogP contribution in [0.25, 0.3) is 0 Å². The fourth-order valence-electron chi connectivity index (χ4n) is 5.33. The summed E-state index contributed by atoms with van der Waals surface area (Å²) < 4.78 is 0. The topological polar surface area (TPSA) is 67.6 Å². The van der Waals surface area contributed by atoms with Crippen LogP contribution < -0.4 is 0 Å². The van der Waals surface area contributed by atoms with E-state index in [1.165, 1.54) is 11.8 Å². The number of nitrogens with zero attached hydrogens (tertiary/aromatic N) is 4. The van der Waals surface area contributed by atoms with Crippen LogP contribution in [0.1, 0.15) is 46.5 Å². The molecule has 36 heavy (non-hydrogen) atoms. The molecule has 2 fully saturated rings. The van der Waals surface area contributed by atoms with Crippen molar-refractivity contribution in [3.63, 3.8) is 0 Å². The largest absolute Gasteiger partial charge is 0.370 e. The number of hydrogen-bond acceptors (Lipinski definition) is 6. The predicted octanol–water partition coefficient (Wildman–Crippen LogP) is 5.28. The summed E-state index contributed by atoms with van der Waals surface area (Å²) in [5.41, 5.74) is 1.24. The van der Waals surface area contributed by atoms with Crippen LogP contribution in [-0.2, 0) is 9.59 Å². The van der Waals surface area contributed by atoms with E-state index in [2.05, 4.69) is 36.0 Å². The van der Waals surface area contributed by atoms with Crippen molar-refractivity contribution < 1.29 is 9.59 Å². The highest BCUT2D eigenvalue weighted by Gasteiger charge is 2.45. The average Bonchev–Trinajstić information content (AvgIpc) is 2.92. The van der Waals surface area contributed by atoms with Gasteiger partial charge in [-0.25, -0.2) is 0 Å². The lowest BCUT2D eigenvalue weighted by Crippen LogP contribution is -2.57. The van der Waals surface area contributed by atoms with E-state index in [0.717, 1.165) is 31.4 Å². The molecule has 1 saturated heterocycles. The molecule has 0 radical (unpaired) electrons. The van der Waals surface area contributed by atoms with Gasteiger partial charge in [0.2, 0.25) is 0 Å². The molecule has 2 heterocycles. The van der Waals surface area contributed by atoms with E-state index in [-0.39, 0.29) is 29.7 Å². The average molecular weight is 531 g/mol. The van der Waals surface area contributed by atoms with Gasteiger partial charge < -0.3 is 14.7 Å². The second kappa shape index (κ2) is 15.2. The first-order valence-corrected chi connectivity index (χ1v) is 15.5. The first kappa shape index (κ1) is 30.1. The molecule has 0 spiro atoms. The summed E-state index contributed by atoms with van der Waals surface area (Å²) in [5.74, 6) is 0.337. The van der Waals surface area contributed by atoms with Crippen LogP contribution >= 0.6 is 23.5 Å². The third kappa shape index (κ3) is 7.01. The molecule has 0 aromatic rings. The zero-order chi connectivity index (χ0) is 26.7. The molecule has 2 amide bonds. The van der Waals surface area contributed by atoms with Crippen molar-refractivity contribution in [1.82, 2.24) is 14.7 Å². The highest BCUT2D eigenvalue weighted by Crippen LogP contribution is 2.41. The van der Waals surface area contributed by atoms with Crippen LogP contribution in [0, 0.1) is 23.2 Å². The molecule has 2 aliphatic heterocycles. The molecule has 0 aromatic heterocycles. The van der Waals surface area contributed by atoms with Crippen molar-refractivity contribution in [2.24, 2.45) is 11.8 Å². The van der Waals surface area contributed by atoms with Gasteiger partial charge in [0, 0.05) is 50.4 Å². The van der Waals surface area contributed by atoms with Crippen molar-refractivity contribution in [3.8, 4) is 6.07 Å². The molecule has 198 valence electrons. The van der Waals surface area contributed by atoms with Gasteiger partial charge in [-0.15, -0.1) is 23.5 Å². The lowest BCUT2D eigenvalue weighted by atomic mass is 9.76. The first-order valence-electron chi connectivity index (χ1n) is 13.0. The predicted molar refractivity (Wildman–Crippen MR) is 153 cm³/mol. The number of fused-ring (bicyclic) bond motifs is 1. The zero-order valence-electron chi connectivity index (χ0n) is 22.5. The summed E-state index contributed by atoms with van der Waals surface area (Å²) in [4.78, 5) is 33.2. The van der Waals surface area contributed by atoms with Crippen molar-refractivity contribution in [1.29, 1.82) is 5.26 Å². The van der Waals surface area contributed by atoms with Crippen LogP contribution in [0.3, 0.4) is 0 Å². The molecule has 3 rings (SSSR count). The van der Waals surface area contributed by atoms with Crippen molar-refractivity contribution >= 4 is 35.3 Å². The molecule has 3 aliphatic rings. The number of allylic oxidation sites excluding steroid dienone is 2. The normalized spacial score (nSPS) is 23.6. The summed E-state index contributed by atoms with van der Waals surface area (Å²) in [5, 5.41) is 12.1. The van der Waals surface area contributed by atoms with E-state index in [0.29, 0.717) is 43.2 Å². The number of carbonyl (C=O) groups is 2. The smallest absolute Gasteiger partial charge is 0.266 e. The van der Waals surface area contributed by atoms with Gasteiger partial charge in [0.25, 0.3) is 11.8 Å². The second-order valence-electron chi connectivity index (χ2n) is 9.08. The highest BCUT2D eigenvalue weighted by atomic mass is 32.2. The number of rotatable bonds is 8. The number of nitriles is 1. The summed E-state index contributed by atoms with van der Waals surface area (Å²) in [6.07, 6.45) is 13.7. The molecule has 8 heteroatoms. The van der Waals surface area contributed by atoms with Crippen LogP contribution in [0.5, 0.6) is 0 Å². The standard InChI is InChI=1S/C26H36N4O2S2.C2H6/c1-5-8-23(34-4)26(32)29-14-12-28(13-15-29)24-20-9-6-7-10-22(20)30(25(31)21(24)17-27)18-19(2)11-16-33-3;1-2/h5,8,11,16,19-20,22H,1,6-7,9-10,12-15,18H2,2-4H3;1-2H3/b16-11-,23-8-;. The molecule has 1 saturated carbocycles. The van der Waals surface area contributed by atoms with Crippen molar-refractivity contribution in [2.75, 3.05) is 45.2 Å². The van der Waals surface area contributed by atoms with E-state index in [1.807, 2.05) is 36.2 Å². The molecule has 0 bridgehead atoms. The Kier molecular flexibility index (Phi) is 12.7. The van der Waals surface area contributed by atoms with Crippen LogP contribution in [0.4, 0.5) is 0 Å². The summed E-state index contributed by atoms with van der Waals surface area (Å²) in [6, 6.07) is 2.43. The van der Waals surface area contributed by atoms with Gasteiger partial charge in [0.1, 0.15) is 11.6 Å². The van der Waals surface area contributed by atoms with Gasteiger partial charge >= 0.3 is 0 Å². The Bertz CT molecular complexity index is 913. The molecule has 3 atom stereocenters. The Hall–Kier alpha value is -2.11. The molecule has 1 aliphatic carbocycles. The summed E-state index contributed by atoms with van der Waals surface area (Å²) in [6.45, 7) is 12.9. The molecule has 0 aromatic carbocycles. The minimum absolute atomic E-state index is 0.0234. The van der Waals surface area contributed by atoms with E-state index in [4.69, 9.17) is 0 Å². The Morgan fingerprint density at radius 3 is 2.44 bits per heavy atom. The Morgan fingerprint density at radius 1 is 1.19 bits per heavy atom. The molecule has 6 nitrogen and oxygen atoms in total. The molecule has 0 N–H and O–H groups in total. The van der Waals surface area contributed by atoms with Gasteiger partial charge in [-0.1, -0.05) is 52.3 Å². The van der Waals surface area contributed by atoms with Gasteiger partial charge in [0.05, 0.1) is 4.91 Å². The number of amides is 2. The lowest BCUT2D eigenvalue weighted by molar-refractivity contribution is -0.134. The number of piperazine rings is 1. The van der Waals surface area contributed by atoms with Gasteiger partial charge in [-0.05, 0) is 42.8 Å². The maximum Gasteiger partial charge on any atom is 0.266 e. The maximum atomic E-state index is 13.6. The zero-order valence-corrected chi connectivity index (χ0v) is 24.2. The van der Waals surface area contributed by atoms with E-state index >= 15 is 0 Å². The van der Waals surface area contributed by atoms with Crippen LogP contribution in [0.15, 0.2) is 46.4 Å². The lowest BCUT2D eigenvalue weighted by Gasteiger charge is -2.49. The fourth-order valence-corrected chi connectivity index (χ4v) is 6.29. The number of hydrogen-bond donors (Lipinski definition) is 0. The Balaban J connectivity index is 0.00000222. The number of carbonyl (C=O) groups excluding carboxylic acids is 2. The van der Waals surface area contributed by atoms with Crippen LogP contribution in [0.2, 0.25) is 0 Å². The van der Waals surface area contributed by atoms with Crippen molar-refractivity contribution in [3.05, 3.63) is 46.4 Å². The highest BCUT2D eigenvalue weighted by molar-refractivity contribution is 8.03. The van der Waals surface area contributed by atoms with E-state index in [1.54, 1.807) is 23.9 Å². The fraction of sp³-hybridized carbons (Fsp3) is 0.607.